The van der Waals surface area contributed by atoms with E-state index in [2.05, 4.69) is 60.7 Å². The van der Waals surface area contributed by atoms with Crippen LogP contribution in [0.4, 0.5) is 0 Å². The zero-order valence-corrected chi connectivity index (χ0v) is 16.4. The van der Waals surface area contributed by atoms with Gasteiger partial charge >= 0.3 is 0 Å². The molecule has 3 aliphatic rings. The summed E-state index contributed by atoms with van der Waals surface area (Å²) in [5.41, 5.74) is 2.50. The van der Waals surface area contributed by atoms with Crippen molar-refractivity contribution < 1.29 is 14.2 Å². The number of hydrogen-bond donors (Lipinski definition) is 0. The Morgan fingerprint density at radius 1 is 1.35 bits per heavy atom. The minimum Gasteiger partial charge on any atom is -0.496 e. The molecular weight excluding hydrogens is 403 g/mol. The highest BCUT2D eigenvalue weighted by Gasteiger charge is 2.50. The number of benzene rings is 1. The molecule has 0 amide bonds. The molecule has 0 saturated carbocycles. The molecule has 4 rings (SSSR count). The van der Waals surface area contributed by atoms with Gasteiger partial charge in [-0.15, -0.1) is 0 Å². The second kappa shape index (κ2) is 6.73. The number of rotatable bonds is 5. The van der Waals surface area contributed by atoms with Gasteiger partial charge in [-0.3, -0.25) is 0 Å². The molecule has 1 aromatic rings. The second-order valence-electron chi connectivity index (χ2n) is 6.76. The molecule has 1 aliphatic carbocycles. The van der Waals surface area contributed by atoms with Crippen LogP contribution in [0.15, 0.2) is 24.3 Å². The Labute approximate surface area is 152 Å². The SMILES string of the molecule is COc1cc(CCC23C=CC(C[C@@H]2C)O[C@H]3OC)c(I)cc1C. The highest BCUT2D eigenvalue weighted by molar-refractivity contribution is 14.1. The predicted molar refractivity (Wildman–Crippen MR) is 99.8 cm³/mol. The molecule has 2 unspecified atom stereocenters. The lowest BCUT2D eigenvalue weighted by Gasteiger charge is -2.51. The maximum Gasteiger partial charge on any atom is 0.167 e. The summed E-state index contributed by atoms with van der Waals surface area (Å²) in [4.78, 5) is 0. The summed E-state index contributed by atoms with van der Waals surface area (Å²) in [6, 6.07) is 4.38. The molecule has 2 bridgehead atoms. The van der Waals surface area contributed by atoms with Crippen molar-refractivity contribution >= 4 is 22.6 Å². The molecule has 1 aromatic carbocycles. The van der Waals surface area contributed by atoms with Crippen LogP contribution in [0, 0.1) is 21.8 Å². The van der Waals surface area contributed by atoms with Crippen LogP contribution in [0.25, 0.3) is 0 Å². The first-order valence-electron chi connectivity index (χ1n) is 8.21. The van der Waals surface area contributed by atoms with Gasteiger partial charge in [0.15, 0.2) is 6.29 Å². The molecule has 0 N–H and O–H groups in total. The van der Waals surface area contributed by atoms with Crippen LogP contribution in [-0.4, -0.2) is 26.6 Å². The van der Waals surface area contributed by atoms with Crippen molar-refractivity contribution in [2.45, 2.75) is 45.5 Å². The van der Waals surface area contributed by atoms with E-state index in [0.29, 0.717) is 5.92 Å². The first-order valence-corrected chi connectivity index (χ1v) is 9.28. The summed E-state index contributed by atoms with van der Waals surface area (Å²) in [6.07, 6.45) is 7.76. The lowest BCUT2D eigenvalue weighted by atomic mass is 9.64. The van der Waals surface area contributed by atoms with Gasteiger partial charge in [-0.1, -0.05) is 19.1 Å². The van der Waals surface area contributed by atoms with Crippen LogP contribution in [0.5, 0.6) is 5.75 Å². The van der Waals surface area contributed by atoms with Gasteiger partial charge < -0.3 is 14.2 Å². The summed E-state index contributed by atoms with van der Waals surface area (Å²) in [5.74, 6) is 1.54. The van der Waals surface area contributed by atoms with Crippen molar-refractivity contribution in [3.63, 3.8) is 0 Å². The molecule has 2 heterocycles. The normalized spacial score (nSPS) is 32.3. The van der Waals surface area contributed by atoms with Gasteiger partial charge in [0.05, 0.1) is 13.2 Å². The Kier molecular flexibility index (Phi) is 5.04. The van der Waals surface area contributed by atoms with Gasteiger partial charge in [-0.25, -0.2) is 0 Å². The topological polar surface area (TPSA) is 27.7 Å². The third-order valence-electron chi connectivity index (χ3n) is 5.47. The quantitative estimate of drug-likeness (QED) is 0.511. The highest BCUT2D eigenvalue weighted by Crippen LogP contribution is 2.50. The van der Waals surface area contributed by atoms with Crippen LogP contribution >= 0.6 is 22.6 Å². The Morgan fingerprint density at radius 3 is 2.78 bits per heavy atom. The largest absolute Gasteiger partial charge is 0.496 e. The van der Waals surface area contributed by atoms with Crippen LogP contribution in [0.1, 0.15) is 30.9 Å². The van der Waals surface area contributed by atoms with Crippen LogP contribution in [0.2, 0.25) is 0 Å². The van der Waals surface area contributed by atoms with Crippen LogP contribution in [0.3, 0.4) is 0 Å². The van der Waals surface area contributed by atoms with Crippen molar-refractivity contribution in [2.75, 3.05) is 14.2 Å². The molecule has 0 spiro atoms. The molecule has 2 aliphatic heterocycles. The van der Waals surface area contributed by atoms with E-state index in [1.54, 1.807) is 14.2 Å². The Hall–Kier alpha value is -0.590. The maximum atomic E-state index is 6.06. The third-order valence-corrected chi connectivity index (χ3v) is 6.47. The molecule has 23 heavy (non-hydrogen) atoms. The monoisotopic (exact) mass is 428 g/mol. The van der Waals surface area contributed by atoms with Crippen molar-refractivity contribution in [3.8, 4) is 5.75 Å². The highest BCUT2D eigenvalue weighted by atomic mass is 127. The lowest BCUT2D eigenvalue weighted by Crippen LogP contribution is -2.52. The number of halogens is 1. The van der Waals surface area contributed by atoms with E-state index < -0.39 is 0 Å². The fourth-order valence-corrected chi connectivity index (χ4v) is 4.87. The summed E-state index contributed by atoms with van der Waals surface area (Å²) in [6.45, 7) is 4.41. The summed E-state index contributed by atoms with van der Waals surface area (Å²) in [7, 11) is 3.49. The lowest BCUT2D eigenvalue weighted by molar-refractivity contribution is -0.249. The third kappa shape index (κ3) is 3.05. The maximum absolute atomic E-state index is 6.06. The minimum absolute atomic E-state index is 0.0231. The summed E-state index contributed by atoms with van der Waals surface area (Å²) < 4.78 is 18.5. The van der Waals surface area contributed by atoms with Crippen molar-refractivity contribution in [3.05, 3.63) is 39.0 Å². The number of hydrogen-bond acceptors (Lipinski definition) is 3. The average Bonchev–Trinajstić information content (AvgIpc) is 2.54. The molecule has 0 radical (unpaired) electrons. The Bertz CT molecular complexity index is 613. The number of aryl methyl sites for hydroxylation is 2. The van der Waals surface area contributed by atoms with E-state index in [1.807, 2.05) is 0 Å². The first kappa shape index (κ1) is 17.2. The predicted octanol–water partition coefficient (Wildman–Crippen LogP) is 4.49. The Morgan fingerprint density at radius 2 is 2.13 bits per heavy atom. The van der Waals surface area contributed by atoms with Crippen molar-refractivity contribution in [2.24, 2.45) is 11.3 Å². The fraction of sp³-hybridized carbons (Fsp3) is 0.579. The number of fused-ring (bicyclic) bond motifs is 2. The molecule has 1 saturated heterocycles. The van der Waals surface area contributed by atoms with E-state index in [1.165, 1.54) is 14.7 Å². The molecular formula is C19H25IO3. The molecule has 4 atom stereocenters. The van der Waals surface area contributed by atoms with Gasteiger partial charge in [-0.05, 0) is 78.0 Å². The summed E-state index contributed by atoms with van der Waals surface area (Å²) in [5, 5.41) is 0. The number of methoxy groups -OCH3 is 2. The van der Waals surface area contributed by atoms with E-state index in [-0.39, 0.29) is 17.8 Å². The van der Waals surface area contributed by atoms with E-state index in [4.69, 9.17) is 14.2 Å². The summed E-state index contributed by atoms with van der Waals surface area (Å²) >= 11 is 2.42. The zero-order chi connectivity index (χ0) is 16.6. The Balaban J connectivity index is 1.84. The van der Waals surface area contributed by atoms with Crippen molar-refractivity contribution in [1.29, 1.82) is 0 Å². The molecule has 126 valence electrons. The van der Waals surface area contributed by atoms with Crippen molar-refractivity contribution in [1.82, 2.24) is 0 Å². The average molecular weight is 428 g/mol. The fourth-order valence-electron chi connectivity index (χ4n) is 3.97. The smallest absolute Gasteiger partial charge is 0.167 e. The van der Waals surface area contributed by atoms with Gasteiger partial charge in [0.1, 0.15) is 5.75 Å². The zero-order valence-electron chi connectivity index (χ0n) is 14.3. The first-order chi connectivity index (χ1) is 11.0. The van der Waals surface area contributed by atoms with E-state index in [0.717, 1.165) is 25.0 Å². The van der Waals surface area contributed by atoms with E-state index >= 15 is 0 Å². The minimum atomic E-state index is -0.133. The van der Waals surface area contributed by atoms with Gasteiger partial charge in [0, 0.05) is 16.1 Å². The van der Waals surface area contributed by atoms with Crippen LogP contribution in [-0.2, 0) is 15.9 Å². The number of ether oxygens (including phenoxy) is 3. The van der Waals surface area contributed by atoms with Gasteiger partial charge in [-0.2, -0.15) is 0 Å². The van der Waals surface area contributed by atoms with Crippen LogP contribution < -0.4 is 4.74 Å². The second-order valence-corrected chi connectivity index (χ2v) is 7.93. The van der Waals surface area contributed by atoms with E-state index in [9.17, 15) is 0 Å². The molecule has 0 aromatic heterocycles. The molecule has 3 nitrogen and oxygen atoms in total. The molecule has 1 fully saturated rings. The van der Waals surface area contributed by atoms with Gasteiger partial charge in [0.25, 0.3) is 0 Å². The molecule has 4 heteroatoms. The standard InChI is InChI=1S/C19H25IO3/c1-12-9-16(20)14(11-17(12)21-3)5-7-19-8-6-15(10-13(19)2)23-18(19)22-4/h6,8-9,11,13,15,18H,5,7,10H2,1-4H3/t13-,15?,18+,19?/m0/s1. The van der Waals surface area contributed by atoms with Gasteiger partial charge in [0.2, 0.25) is 0 Å².